The summed E-state index contributed by atoms with van der Waals surface area (Å²) in [5.74, 6) is 1.01. The minimum atomic E-state index is -0.431. The number of carbonyl (C=O) groups is 1. The monoisotopic (exact) mass is 341 g/mol. The Kier molecular flexibility index (Phi) is 6.10. The maximum absolute atomic E-state index is 12.8. The largest absolute Gasteiger partial charge is 0.493 e. The Labute approximate surface area is 142 Å². The van der Waals surface area contributed by atoms with Gasteiger partial charge in [0.05, 0.1) is 19.2 Å². The van der Waals surface area contributed by atoms with Crippen molar-refractivity contribution in [1.29, 1.82) is 0 Å². The fraction of sp³-hybridized carbons (Fsp3) is 0.562. The predicted molar refractivity (Wildman–Crippen MR) is 90.4 cm³/mol. The molecule has 1 aromatic rings. The van der Waals surface area contributed by atoms with E-state index in [1.54, 1.807) is 39.3 Å². The van der Waals surface area contributed by atoms with Crippen LogP contribution in [0.4, 0.5) is 0 Å². The second-order valence-corrected chi connectivity index (χ2v) is 6.00. The zero-order valence-electron chi connectivity index (χ0n) is 14.1. The van der Waals surface area contributed by atoms with Crippen LogP contribution in [0, 0.1) is 0 Å². The Hall–Kier alpha value is -1.50. The highest BCUT2D eigenvalue weighted by Crippen LogP contribution is 2.41. The Bertz CT molecular complexity index is 560. The molecule has 1 amide bonds. The molecular weight excluding hydrogens is 318 g/mol. The van der Waals surface area contributed by atoms with E-state index in [0.717, 1.165) is 31.7 Å². The summed E-state index contributed by atoms with van der Waals surface area (Å²) in [5, 5.41) is 3.72. The number of likely N-dealkylation sites (N-methyl/N-ethyl adjacent to an activating group) is 1. The lowest BCUT2D eigenvalue weighted by Gasteiger charge is -2.36. The zero-order chi connectivity index (χ0) is 17.0. The van der Waals surface area contributed by atoms with Crippen molar-refractivity contribution < 1.29 is 14.3 Å². The zero-order valence-corrected chi connectivity index (χ0v) is 14.8. The second-order valence-electron chi connectivity index (χ2n) is 5.63. The number of carbonyl (C=O) groups excluding carboxylic acids is 1. The van der Waals surface area contributed by atoms with Crippen molar-refractivity contribution in [3.63, 3.8) is 0 Å². The number of nitrogens with zero attached hydrogens (tertiary/aromatic N) is 2. The van der Waals surface area contributed by atoms with E-state index in [2.05, 4.69) is 10.2 Å². The molecule has 1 heterocycles. The van der Waals surface area contributed by atoms with Crippen LogP contribution in [0.25, 0.3) is 0 Å². The normalized spacial score (nSPS) is 16.7. The fourth-order valence-electron chi connectivity index (χ4n) is 2.79. The van der Waals surface area contributed by atoms with Crippen LogP contribution in [-0.4, -0.2) is 70.2 Å². The summed E-state index contributed by atoms with van der Waals surface area (Å²) in [6.45, 7) is 3.27. The molecule has 1 aromatic carbocycles. The van der Waals surface area contributed by atoms with Crippen LogP contribution in [0.3, 0.4) is 0 Å². The van der Waals surface area contributed by atoms with Crippen molar-refractivity contribution in [2.75, 3.05) is 54.5 Å². The van der Waals surface area contributed by atoms with Crippen LogP contribution in [0.15, 0.2) is 12.1 Å². The van der Waals surface area contributed by atoms with Crippen molar-refractivity contribution >= 4 is 17.5 Å². The van der Waals surface area contributed by atoms with Crippen molar-refractivity contribution in [1.82, 2.24) is 15.1 Å². The summed E-state index contributed by atoms with van der Waals surface area (Å²) in [6, 6.07) is 3.20. The molecule has 6 nitrogen and oxygen atoms in total. The molecule has 0 bridgehead atoms. The highest BCUT2D eigenvalue weighted by Gasteiger charge is 2.33. The molecule has 0 saturated carbocycles. The Morgan fingerprint density at radius 1 is 1.26 bits per heavy atom. The van der Waals surface area contributed by atoms with E-state index >= 15 is 0 Å². The van der Waals surface area contributed by atoms with Gasteiger partial charge in [0, 0.05) is 45.8 Å². The summed E-state index contributed by atoms with van der Waals surface area (Å²) >= 11 is 6.54. The summed E-state index contributed by atoms with van der Waals surface area (Å²) < 4.78 is 10.6. The molecule has 0 radical (unpaired) electrons. The first kappa shape index (κ1) is 17.8. The van der Waals surface area contributed by atoms with Gasteiger partial charge in [0.25, 0.3) is 0 Å². The van der Waals surface area contributed by atoms with Gasteiger partial charge in [-0.25, -0.2) is 0 Å². The van der Waals surface area contributed by atoms with Gasteiger partial charge < -0.3 is 19.7 Å². The van der Waals surface area contributed by atoms with E-state index < -0.39 is 6.04 Å². The first-order valence-electron chi connectivity index (χ1n) is 7.57. The van der Waals surface area contributed by atoms with Crippen molar-refractivity contribution in [2.45, 2.75) is 6.04 Å². The third-order valence-electron chi connectivity index (χ3n) is 4.00. The molecule has 0 aromatic heterocycles. The van der Waals surface area contributed by atoms with Crippen LogP contribution in [0.1, 0.15) is 11.6 Å². The Balaban J connectivity index is 2.48. The average molecular weight is 342 g/mol. The lowest BCUT2D eigenvalue weighted by Crippen LogP contribution is -2.49. The molecular formula is C16H24ClN3O3. The minimum absolute atomic E-state index is 0.000944. The van der Waals surface area contributed by atoms with Crippen LogP contribution >= 0.6 is 11.6 Å². The highest BCUT2D eigenvalue weighted by molar-refractivity contribution is 6.33. The van der Waals surface area contributed by atoms with E-state index in [4.69, 9.17) is 21.1 Å². The van der Waals surface area contributed by atoms with E-state index in [1.165, 1.54) is 0 Å². The van der Waals surface area contributed by atoms with E-state index in [-0.39, 0.29) is 5.91 Å². The summed E-state index contributed by atoms with van der Waals surface area (Å²) in [4.78, 5) is 16.5. The molecule has 2 rings (SSSR count). The van der Waals surface area contributed by atoms with Gasteiger partial charge in [-0.15, -0.1) is 0 Å². The molecule has 1 aliphatic heterocycles. The summed E-state index contributed by atoms with van der Waals surface area (Å²) in [6.07, 6.45) is 0. The molecule has 1 aliphatic rings. The van der Waals surface area contributed by atoms with Gasteiger partial charge in [0.2, 0.25) is 5.91 Å². The van der Waals surface area contributed by atoms with Gasteiger partial charge in [-0.05, 0) is 6.07 Å². The number of rotatable bonds is 5. The summed E-state index contributed by atoms with van der Waals surface area (Å²) in [7, 11) is 6.62. The molecule has 7 heteroatoms. The number of halogens is 1. The first-order chi connectivity index (χ1) is 11.0. The number of hydrogen-bond acceptors (Lipinski definition) is 5. The quantitative estimate of drug-likeness (QED) is 0.877. The number of nitrogens with one attached hydrogen (secondary N) is 1. The number of ether oxygens (including phenoxy) is 2. The maximum Gasteiger partial charge on any atom is 0.244 e. The first-order valence-corrected chi connectivity index (χ1v) is 7.95. The van der Waals surface area contributed by atoms with Crippen molar-refractivity contribution in [2.24, 2.45) is 0 Å². The van der Waals surface area contributed by atoms with Crippen LogP contribution in [0.2, 0.25) is 5.02 Å². The molecule has 1 saturated heterocycles. The smallest absolute Gasteiger partial charge is 0.244 e. The third-order valence-corrected chi connectivity index (χ3v) is 4.39. The minimum Gasteiger partial charge on any atom is -0.493 e. The van der Waals surface area contributed by atoms with Crippen LogP contribution in [-0.2, 0) is 4.79 Å². The van der Waals surface area contributed by atoms with E-state index in [9.17, 15) is 4.79 Å². The van der Waals surface area contributed by atoms with Crippen LogP contribution < -0.4 is 14.8 Å². The Morgan fingerprint density at radius 3 is 2.43 bits per heavy atom. The Morgan fingerprint density at radius 2 is 1.91 bits per heavy atom. The van der Waals surface area contributed by atoms with Gasteiger partial charge in [-0.2, -0.15) is 0 Å². The highest BCUT2D eigenvalue weighted by atomic mass is 35.5. The van der Waals surface area contributed by atoms with Crippen LogP contribution in [0.5, 0.6) is 11.5 Å². The predicted octanol–water partition coefficient (Wildman–Crippen LogP) is 1.39. The topological polar surface area (TPSA) is 54.0 Å². The van der Waals surface area contributed by atoms with Gasteiger partial charge >= 0.3 is 0 Å². The number of amides is 1. The van der Waals surface area contributed by atoms with Crippen molar-refractivity contribution in [3.8, 4) is 11.5 Å². The van der Waals surface area contributed by atoms with E-state index in [0.29, 0.717) is 16.5 Å². The number of methoxy groups -OCH3 is 2. The molecule has 128 valence electrons. The standard InChI is InChI=1S/C16H24ClN3O3/c1-19(2)16(21)14(20-9-7-18-8-10-20)11-5-6-12(22-3)15(23-4)13(11)17/h5-6,14,18H,7-10H2,1-4H3. The molecule has 1 atom stereocenters. The molecule has 0 spiro atoms. The lowest BCUT2D eigenvalue weighted by molar-refractivity contribution is -0.135. The SMILES string of the molecule is COc1ccc(C(C(=O)N(C)C)N2CCNCC2)c(Cl)c1OC. The van der Waals surface area contributed by atoms with Gasteiger partial charge in [-0.1, -0.05) is 17.7 Å². The third kappa shape index (κ3) is 3.71. The van der Waals surface area contributed by atoms with Gasteiger partial charge in [0.1, 0.15) is 6.04 Å². The van der Waals surface area contributed by atoms with Gasteiger partial charge in [0.15, 0.2) is 11.5 Å². The molecule has 1 unspecified atom stereocenters. The molecule has 23 heavy (non-hydrogen) atoms. The second kappa shape index (κ2) is 7.86. The van der Waals surface area contributed by atoms with Gasteiger partial charge in [-0.3, -0.25) is 9.69 Å². The molecule has 1 N–H and O–H groups in total. The average Bonchev–Trinajstić information content (AvgIpc) is 2.57. The molecule has 1 fully saturated rings. The number of benzene rings is 1. The fourth-order valence-corrected chi connectivity index (χ4v) is 3.12. The maximum atomic E-state index is 12.8. The number of piperazine rings is 1. The molecule has 0 aliphatic carbocycles. The van der Waals surface area contributed by atoms with Crippen molar-refractivity contribution in [3.05, 3.63) is 22.7 Å². The summed E-state index contributed by atoms with van der Waals surface area (Å²) in [5.41, 5.74) is 0.741. The number of hydrogen-bond donors (Lipinski definition) is 1. The van der Waals surface area contributed by atoms with E-state index in [1.807, 2.05) is 6.07 Å². The lowest BCUT2D eigenvalue weighted by atomic mass is 10.0.